The number of carbonyl (C=O) groups is 2. The predicted molar refractivity (Wildman–Crippen MR) is 117 cm³/mol. The Kier molecular flexibility index (Phi) is 7.46. The topological polar surface area (TPSA) is 58.6 Å². The SMILES string of the molecule is CN(Cc1ccc(Cl)cc1)C(=O)COc1ccccc1C(=O)NCc1ccccc1. The zero-order valence-electron chi connectivity index (χ0n) is 16.7. The minimum Gasteiger partial charge on any atom is -0.483 e. The van der Waals surface area contributed by atoms with E-state index >= 15 is 0 Å². The molecular weight excluding hydrogens is 400 g/mol. The Balaban J connectivity index is 1.56. The molecule has 0 spiro atoms. The third kappa shape index (κ3) is 6.09. The molecule has 3 aromatic rings. The lowest BCUT2D eigenvalue weighted by Gasteiger charge is -2.18. The van der Waals surface area contributed by atoms with E-state index in [9.17, 15) is 9.59 Å². The number of hydrogen-bond donors (Lipinski definition) is 1. The Hall–Kier alpha value is -3.31. The van der Waals surface area contributed by atoms with Crippen molar-refractivity contribution in [3.63, 3.8) is 0 Å². The summed E-state index contributed by atoms with van der Waals surface area (Å²) in [7, 11) is 1.71. The molecule has 0 bridgehead atoms. The lowest BCUT2D eigenvalue weighted by Crippen LogP contribution is -2.31. The first kappa shape index (κ1) is 21.4. The van der Waals surface area contributed by atoms with Gasteiger partial charge in [-0.3, -0.25) is 9.59 Å². The molecule has 0 aliphatic rings. The molecule has 0 unspecified atom stereocenters. The number of para-hydroxylation sites is 1. The van der Waals surface area contributed by atoms with Crippen molar-refractivity contribution >= 4 is 23.4 Å². The van der Waals surface area contributed by atoms with Gasteiger partial charge in [0.15, 0.2) is 6.61 Å². The van der Waals surface area contributed by atoms with Crippen LogP contribution in [0.5, 0.6) is 5.75 Å². The molecule has 0 fully saturated rings. The van der Waals surface area contributed by atoms with Crippen LogP contribution in [0.3, 0.4) is 0 Å². The second-order valence-electron chi connectivity index (χ2n) is 6.83. The van der Waals surface area contributed by atoms with Gasteiger partial charge < -0.3 is 15.0 Å². The maximum Gasteiger partial charge on any atom is 0.260 e. The summed E-state index contributed by atoms with van der Waals surface area (Å²) in [6.07, 6.45) is 0. The van der Waals surface area contributed by atoms with Crippen LogP contribution in [0.25, 0.3) is 0 Å². The molecule has 0 aromatic heterocycles. The van der Waals surface area contributed by atoms with Gasteiger partial charge in [0.2, 0.25) is 0 Å². The molecule has 0 atom stereocenters. The van der Waals surface area contributed by atoms with Crippen molar-refractivity contribution < 1.29 is 14.3 Å². The number of carbonyl (C=O) groups excluding carboxylic acids is 2. The smallest absolute Gasteiger partial charge is 0.260 e. The van der Waals surface area contributed by atoms with Gasteiger partial charge in [0.25, 0.3) is 11.8 Å². The van der Waals surface area contributed by atoms with Gasteiger partial charge in [-0.05, 0) is 35.4 Å². The summed E-state index contributed by atoms with van der Waals surface area (Å²) in [4.78, 5) is 26.6. The van der Waals surface area contributed by atoms with Gasteiger partial charge in [0.05, 0.1) is 5.56 Å². The van der Waals surface area contributed by atoms with Gasteiger partial charge in [-0.15, -0.1) is 0 Å². The quantitative estimate of drug-likeness (QED) is 0.588. The van der Waals surface area contributed by atoms with Crippen molar-refractivity contribution in [2.45, 2.75) is 13.1 Å². The zero-order chi connectivity index (χ0) is 21.3. The van der Waals surface area contributed by atoms with Crippen LogP contribution >= 0.6 is 11.6 Å². The van der Waals surface area contributed by atoms with Gasteiger partial charge in [0.1, 0.15) is 5.75 Å². The molecular formula is C24H23ClN2O3. The molecule has 0 aliphatic heterocycles. The molecule has 0 aliphatic carbocycles. The summed E-state index contributed by atoms with van der Waals surface area (Å²) in [5.41, 5.74) is 2.36. The Morgan fingerprint density at radius 2 is 1.57 bits per heavy atom. The number of hydrogen-bond acceptors (Lipinski definition) is 3. The number of rotatable bonds is 8. The highest BCUT2D eigenvalue weighted by atomic mass is 35.5. The van der Waals surface area contributed by atoms with Crippen LogP contribution in [-0.4, -0.2) is 30.4 Å². The van der Waals surface area contributed by atoms with Crippen LogP contribution in [-0.2, 0) is 17.9 Å². The van der Waals surface area contributed by atoms with Crippen molar-refractivity contribution in [3.05, 3.63) is 101 Å². The van der Waals surface area contributed by atoms with E-state index in [1.54, 1.807) is 48.3 Å². The van der Waals surface area contributed by atoms with E-state index in [0.29, 0.717) is 29.4 Å². The fraction of sp³-hybridized carbons (Fsp3) is 0.167. The summed E-state index contributed by atoms with van der Waals surface area (Å²) < 4.78 is 5.68. The molecule has 3 rings (SSSR count). The van der Waals surface area contributed by atoms with Crippen molar-refractivity contribution in [1.29, 1.82) is 0 Å². The van der Waals surface area contributed by atoms with Crippen LogP contribution in [0.1, 0.15) is 21.5 Å². The zero-order valence-corrected chi connectivity index (χ0v) is 17.4. The summed E-state index contributed by atoms with van der Waals surface area (Å²) in [5.74, 6) is -0.0721. The van der Waals surface area contributed by atoms with Crippen molar-refractivity contribution in [2.75, 3.05) is 13.7 Å². The maximum absolute atomic E-state index is 12.6. The van der Waals surface area contributed by atoms with Crippen molar-refractivity contribution in [1.82, 2.24) is 10.2 Å². The van der Waals surface area contributed by atoms with E-state index in [4.69, 9.17) is 16.3 Å². The average Bonchev–Trinajstić information content (AvgIpc) is 2.78. The van der Waals surface area contributed by atoms with E-state index in [1.807, 2.05) is 42.5 Å². The molecule has 0 heterocycles. The Bertz CT molecular complexity index is 991. The number of nitrogens with zero attached hydrogens (tertiary/aromatic N) is 1. The monoisotopic (exact) mass is 422 g/mol. The fourth-order valence-electron chi connectivity index (χ4n) is 2.86. The summed E-state index contributed by atoms with van der Waals surface area (Å²) >= 11 is 5.89. The molecule has 0 radical (unpaired) electrons. The van der Waals surface area contributed by atoms with Gasteiger partial charge >= 0.3 is 0 Å². The highest BCUT2D eigenvalue weighted by Crippen LogP contribution is 2.18. The molecule has 154 valence electrons. The summed E-state index contributed by atoms with van der Waals surface area (Å²) in [6, 6.07) is 23.9. The molecule has 2 amide bonds. The number of amides is 2. The normalized spacial score (nSPS) is 10.3. The molecule has 0 saturated carbocycles. The van der Waals surface area contributed by atoms with Crippen LogP contribution in [0.15, 0.2) is 78.9 Å². The highest BCUT2D eigenvalue weighted by molar-refractivity contribution is 6.30. The molecule has 3 aromatic carbocycles. The number of halogens is 1. The Morgan fingerprint density at radius 3 is 2.30 bits per heavy atom. The maximum atomic E-state index is 12.6. The van der Waals surface area contributed by atoms with E-state index in [1.165, 1.54) is 0 Å². The number of ether oxygens (including phenoxy) is 1. The highest BCUT2D eigenvalue weighted by Gasteiger charge is 2.15. The van der Waals surface area contributed by atoms with E-state index < -0.39 is 0 Å². The lowest BCUT2D eigenvalue weighted by atomic mass is 10.1. The first-order valence-electron chi connectivity index (χ1n) is 9.55. The van der Waals surface area contributed by atoms with Crippen LogP contribution in [0.2, 0.25) is 5.02 Å². The van der Waals surface area contributed by atoms with Crippen LogP contribution < -0.4 is 10.1 Å². The number of nitrogens with one attached hydrogen (secondary N) is 1. The molecule has 0 saturated heterocycles. The van der Waals surface area contributed by atoms with Crippen molar-refractivity contribution in [3.8, 4) is 5.75 Å². The standard InChI is InChI=1S/C24H23ClN2O3/c1-27(16-19-11-13-20(25)14-12-19)23(28)17-30-22-10-6-5-9-21(22)24(29)26-15-18-7-3-2-4-8-18/h2-14H,15-17H2,1H3,(H,26,29). The average molecular weight is 423 g/mol. The Morgan fingerprint density at radius 1 is 0.900 bits per heavy atom. The second-order valence-corrected chi connectivity index (χ2v) is 7.27. The molecule has 5 nitrogen and oxygen atoms in total. The Labute approximate surface area is 181 Å². The summed E-state index contributed by atoms with van der Waals surface area (Å²) in [5, 5.41) is 3.53. The van der Waals surface area contributed by atoms with Gasteiger partial charge in [-0.25, -0.2) is 0 Å². The second kappa shape index (κ2) is 10.5. The first-order valence-corrected chi connectivity index (χ1v) is 9.93. The largest absolute Gasteiger partial charge is 0.483 e. The predicted octanol–water partition coefficient (Wildman–Crippen LogP) is 4.31. The third-order valence-electron chi connectivity index (χ3n) is 4.54. The van der Waals surface area contributed by atoms with E-state index in [0.717, 1.165) is 11.1 Å². The van der Waals surface area contributed by atoms with Crippen LogP contribution in [0.4, 0.5) is 0 Å². The molecule has 30 heavy (non-hydrogen) atoms. The fourth-order valence-corrected chi connectivity index (χ4v) is 2.98. The van der Waals surface area contributed by atoms with Gasteiger partial charge in [-0.1, -0.05) is 66.2 Å². The van der Waals surface area contributed by atoms with Crippen LogP contribution in [0, 0.1) is 0 Å². The lowest BCUT2D eigenvalue weighted by molar-refractivity contribution is -0.132. The molecule has 6 heteroatoms. The number of benzene rings is 3. The minimum absolute atomic E-state index is 0.160. The van der Waals surface area contributed by atoms with Gasteiger partial charge in [0, 0.05) is 25.2 Å². The third-order valence-corrected chi connectivity index (χ3v) is 4.79. The van der Waals surface area contributed by atoms with Crippen molar-refractivity contribution in [2.24, 2.45) is 0 Å². The van der Waals surface area contributed by atoms with E-state index in [-0.39, 0.29) is 18.4 Å². The minimum atomic E-state index is -0.253. The van der Waals surface area contributed by atoms with Gasteiger partial charge in [-0.2, -0.15) is 0 Å². The summed E-state index contributed by atoms with van der Waals surface area (Å²) in [6.45, 7) is 0.697. The molecule has 1 N–H and O–H groups in total. The first-order chi connectivity index (χ1) is 14.5. The van der Waals surface area contributed by atoms with E-state index in [2.05, 4.69) is 5.32 Å². The number of likely N-dealkylation sites (N-methyl/N-ethyl adjacent to an activating group) is 1.